The molecule has 3 nitrogen and oxygen atoms in total. The summed E-state index contributed by atoms with van der Waals surface area (Å²) in [7, 11) is 0. The van der Waals surface area contributed by atoms with Crippen molar-refractivity contribution < 1.29 is 0 Å². The van der Waals surface area contributed by atoms with E-state index in [4.69, 9.17) is 5.73 Å². The topological polar surface area (TPSA) is 54.7 Å². The zero-order valence-electron chi connectivity index (χ0n) is 5.63. The third kappa shape index (κ3) is 1.07. The highest BCUT2D eigenvalue weighted by Crippen LogP contribution is 2.21. The van der Waals surface area contributed by atoms with Crippen LogP contribution in [0.25, 0.3) is 10.9 Å². The Morgan fingerprint density at radius 1 is 1.45 bits per heavy atom. The fourth-order valence-corrected chi connectivity index (χ4v) is 1.83. The summed E-state index contributed by atoms with van der Waals surface area (Å²) in [6.45, 7) is 0. The Bertz CT molecular complexity index is 393. The number of nitrogens with one attached hydrogen (secondary N) is 1. The van der Waals surface area contributed by atoms with Gasteiger partial charge in [-0.15, -0.1) is 0 Å². The fraction of sp³-hybridized carbons (Fsp3) is 0. The number of aromatic nitrogens is 2. The van der Waals surface area contributed by atoms with E-state index in [0.717, 1.165) is 20.2 Å². The van der Waals surface area contributed by atoms with Gasteiger partial charge in [-0.3, -0.25) is 5.10 Å². The second-order valence-electron chi connectivity index (χ2n) is 2.34. The van der Waals surface area contributed by atoms with Gasteiger partial charge in [-0.1, -0.05) is 0 Å². The van der Waals surface area contributed by atoms with Crippen LogP contribution in [-0.4, -0.2) is 10.2 Å². The predicted molar refractivity (Wildman–Crippen MR) is 53.2 cm³/mol. The van der Waals surface area contributed by atoms with Gasteiger partial charge in [0, 0.05) is 14.6 Å². The molecule has 0 aliphatic heterocycles. The number of nitrogens with two attached hydrogens (primary N) is 1. The van der Waals surface area contributed by atoms with Crippen molar-refractivity contribution in [1.82, 2.24) is 10.2 Å². The Morgan fingerprint density at radius 2 is 2.27 bits per heavy atom. The summed E-state index contributed by atoms with van der Waals surface area (Å²) >= 11 is 2.23. The van der Waals surface area contributed by atoms with Crippen LogP contribution in [0.2, 0.25) is 0 Å². The van der Waals surface area contributed by atoms with E-state index in [1.807, 2.05) is 12.1 Å². The number of H-pyrrole nitrogens is 1. The Kier molecular flexibility index (Phi) is 1.49. The third-order valence-corrected chi connectivity index (χ3v) is 2.37. The lowest BCUT2D eigenvalue weighted by atomic mass is 10.2. The van der Waals surface area contributed by atoms with Crippen LogP contribution in [0.3, 0.4) is 0 Å². The molecule has 0 saturated heterocycles. The molecule has 1 heterocycles. The number of aromatic amines is 1. The van der Waals surface area contributed by atoms with Crippen LogP contribution in [0.5, 0.6) is 0 Å². The van der Waals surface area contributed by atoms with Gasteiger partial charge < -0.3 is 5.73 Å². The molecule has 0 radical (unpaired) electrons. The normalized spacial score (nSPS) is 10.6. The van der Waals surface area contributed by atoms with Gasteiger partial charge >= 0.3 is 0 Å². The van der Waals surface area contributed by atoms with Crippen LogP contribution < -0.4 is 5.73 Å². The van der Waals surface area contributed by atoms with Gasteiger partial charge in [0.2, 0.25) is 0 Å². The summed E-state index contributed by atoms with van der Waals surface area (Å²) < 4.78 is 1.11. The summed E-state index contributed by atoms with van der Waals surface area (Å²) in [5, 5.41) is 7.88. The van der Waals surface area contributed by atoms with E-state index in [0.29, 0.717) is 0 Å². The Morgan fingerprint density at radius 3 is 3.09 bits per heavy atom. The first kappa shape index (κ1) is 6.90. The summed E-state index contributed by atoms with van der Waals surface area (Å²) in [6.07, 6.45) is 1.77. The molecule has 2 rings (SSSR count). The monoisotopic (exact) mass is 259 g/mol. The molecular formula is C7H6IN3. The molecule has 0 aliphatic carbocycles. The lowest BCUT2D eigenvalue weighted by Crippen LogP contribution is -1.85. The third-order valence-electron chi connectivity index (χ3n) is 1.52. The highest BCUT2D eigenvalue weighted by Gasteiger charge is 2.00. The molecule has 0 fully saturated rings. The molecule has 0 unspecified atom stereocenters. The van der Waals surface area contributed by atoms with Crippen LogP contribution in [-0.2, 0) is 0 Å². The first-order valence-electron chi connectivity index (χ1n) is 3.15. The number of nitrogens with zero attached hydrogens (tertiary/aromatic N) is 1. The molecule has 0 bridgehead atoms. The molecule has 56 valence electrons. The van der Waals surface area contributed by atoms with Crippen LogP contribution in [0.15, 0.2) is 18.3 Å². The molecule has 0 amide bonds. The lowest BCUT2D eigenvalue weighted by Gasteiger charge is -1.95. The Hall–Kier alpha value is -0.780. The van der Waals surface area contributed by atoms with Crippen LogP contribution >= 0.6 is 22.6 Å². The predicted octanol–water partition coefficient (Wildman–Crippen LogP) is 1.75. The van der Waals surface area contributed by atoms with Gasteiger partial charge in [0.05, 0.1) is 11.7 Å². The van der Waals surface area contributed by atoms with Crippen molar-refractivity contribution in [1.29, 1.82) is 0 Å². The second kappa shape index (κ2) is 2.37. The number of rotatable bonds is 0. The van der Waals surface area contributed by atoms with Crippen LogP contribution in [0.4, 0.5) is 5.69 Å². The molecule has 4 heteroatoms. The fourth-order valence-electron chi connectivity index (χ4n) is 1.04. The molecule has 0 atom stereocenters. The minimum Gasteiger partial charge on any atom is -0.399 e. The second-order valence-corrected chi connectivity index (χ2v) is 3.50. The zero-order chi connectivity index (χ0) is 7.84. The van der Waals surface area contributed by atoms with Crippen molar-refractivity contribution in [3.8, 4) is 0 Å². The van der Waals surface area contributed by atoms with Gasteiger partial charge in [-0.25, -0.2) is 0 Å². The average Bonchev–Trinajstić information content (AvgIpc) is 2.34. The number of hydrogen-bond donors (Lipinski definition) is 2. The van der Waals surface area contributed by atoms with E-state index in [1.54, 1.807) is 6.20 Å². The number of fused-ring (bicyclic) bond motifs is 1. The molecule has 1 aromatic carbocycles. The van der Waals surface area contributed by atoms with Crippen molar-refractivity contribution in [2.45, 2.75) is 0 Å². The quantitative estimate of drug-likeness (QED) is 0.559. The van der Waals surface area contributed by atoms with Gasteiger partial charge in [0.15, 0.2) is 0 Å². The first-order chi connectivity index (χ1) is 5.27. The summed E-state index contributed by atoms with van der Waals surface area (Å²) in [5.74, 6) is 0. The van der Waals surface area contributed by atoms with Crippen LogP contribution in [0, 0.1) is 3.57 Å². The highest BCUT2D eigenvalue weighted by atomic mass is 127. The molecule has 0 saturated carbocycles. The Balaban J connectivity index is 2.91. The minimum atomic E-state index is 0.781. The molecule has 0 spiro atoms. The maximum atomic E-state index is 5.64. The molecule has 0 aliphatic rings. The number of hydrogen-bond acceptors (Lipinski definition) is 2. The number of halogens is 1. The van der Waals surface area contributed by atoms with Gasteiger partial charge in [0.25, 0.3) is 0 Å². The first-order valence-corrected chi connectivity index (χ1v) is 4.23. The van der Waals surface area contributed by atoms with Crippen molar-refractivity contribution >= 4 is 39.2 Å². The molecule has 1 aromatic heterocycles. The largest absolute Gasteiger partial charge is 0.399 e. The average molecular weight is 259 g/mol. The highest BCUT2D eigenvalue weighted by molar-refractivity contribution is 14.1. The van der Waals surface area contributed by atoms with E-state index < -0.39 is 0 Å². The summed E-state index contributed by atoms with van der Waals surface area (Å²) in [4.78, 5) is 0. The van der Waals surface area contributed by atoms with E-state index in [9.17, 15) is 0 Å². The molecular weight excluding hydrogens is 253 g/mol. The van der Waals surface area contributed by atoms with Gasteiger partial charge in [-0.2, -0.15) is 5.10 Å². The number of benzene rings is 1. The SMILES string of the molecule is Nc1cc(I)c2[nH]ncc2c1. The minimum absolute atomic E-state index is 0.781. The molecule has 2 aromatic rings. The smallest absolute Gasteiger partial charge is 0.0785 e. The standard InChI is InChI=1S/C7H6IN3/c8-6-2-5(9)1-4-3-10-11-7(4)6/h1-3H,9H2,(H,10,11). The van der Waals surface area contributed by atoms with Crippen LogP contribution in [0.1, 0.15) is 0 Å². The van der Waals surface area contributed by atoms with E-state index in [2.05, 4.69) is 32.8 Å². The zero-order valence-corrected chi connectivity index (χ0v) is 7.79. The summed E-state index contributed by atoms with van der Waals surface area (Å²) in [5.41, 5.74) is 7.47. The van der Waals surface area contributed by atoms with Crippen molar-refractivity contribution in [3.05, 3.63) is 21.9 Å². The number of anilines is 1. The van der Waals surface area contributed by atoms with Gasteiger partial charge in [-0.05, 0) is 34.7 Å². The molecule has 11 heavy (non-hydrogen) atoms. The number of nitrogen functional groups attached to an aromatic ring is 1. The van der Waals surface area contributed by atoms with E-state index >= 15 is 0 Å². The summed E-state index contributed by atoms with van der Waals surface area (Å²) in [6, 6.07) is 3.82. The maximum Gasteiger partial charge on any atom is 0.0785 e. The van der Waals surface area contributed by atoms with Crippen molar-refractivity contribution in [2.24, 2.45) is 0 Å². The van der Waals surface area contributed by atoms with Gasteiger partial charge in [0.1, 0.15) is 0 Å². The maximum absolute atomic E-state index is 5.64. The van der Waals surface area contributed by atoms with Crippen molar-refractivity contribution in [2.75, 3.05) is 5.73 Å². The van der Waals surface area contributed by atoms with E-state index in [1.165, 1.54) is 0 Å². The Labute approximate surface area is 77.1 Å². The molecule has 3 N–H and O–H groups in total. The van der Waals surface area contributed by atoms with E-state index in [-0.39, 0.29) is 0 Å². The lowest BCUT2D eigenvalue weighted by molar-refractivity contribution is 1.12. The van der Waals surface area contributed by atoms with Crippen molar-refractivity contribution in [3.63, 3.8) is 0 Å².